The molecule has 1 aliphatic rings. The molecule has 3 rings (SSSR count). The summed E-state index contributed by atoms with van der Waals surface area (Å²) in [7, 11) is -3.32. The Bertz CT molecular complexity index is 917. The van der Waals surface area contributed by atoms with Gasteiger partial charge in [-0.15, -0.1) is 0 Å². The van der Waals surface area contributed by atoms with Gasteiger partial charge in [0.25, 0.3) is 5.91 Å². The van der Waals surface area contributed by atoms with Crippen LogP contribution >= 0.6 is 0 Å². The van der Waals surface area contributed by atoms with Crippen molar-refractivity contribution in [1.82, 2.24) is 0 Å². The molecule has 0 aliphatic carbocycles. The van der Waals surface area contributed by atoms with E-state index >= 15 is 0 Å². The predicted molar refractivity (Wildman–Crippen MR) is 82.5 cm³/mol. The van der Waals surface area contributed by atoms with Gasteiger partial charge < -0.3 is 5.32 Å². The first-order chi connectivity index (χ1) is 10.3. The maximum absolute atomic E-state index is 13.2. The number of halogens is 1. The number of sulfone groups is 1. The SMILES string of the molecule is CS(=O)(=O)c1cccc(/C=C2/C(=O)Nc3cc(F)ccc32)c1. The van der Waals surface area contributed by atoms with Crippen LogP contribution in [-0.2, 0) is 14.6 Å². The van der Waals surface area contributed by atoms with Crippen molar-refractivity contribution in [3.05, 3.63) is 59.4 Å². The van der Waals surface area contributed by atoms with Gasteiger partial charge in [-0.2, -0.15) is 0 Å². The van der Waals surface area contributed by atoms with Crippen LogP contribution in [-0.4, -0.2) is 20.6 Å². The topological polar surface area (TPSA) is 63.2 Å². The Kier molecular flexibility index (Phi) is 3.33. The average Bonchev–Trinajstić information content (AvgIpc) is 2.74. The molecule has 2 aromatic carbocycles. The van der Waals surface area contributed by atoms with Crippen LogP contribution in [0.3, 0.4) is 0 Å². The minimum absolute atomic E-state index is 0.180. The summed E-state index contributed by atoms with van der Waals surface area (Å²) in [5.74, 6) is -0.773. The normalized spacial score (nSPS) is 15.7. The molecule has 0 unspecified atom stereocenters. The second-order valence-electron chi connectivity index (χ2n) is 5.05. The van der Waals surface area contributed by atoms with Crippen LogP contribution in [0.15, 0.2) is 47.4 Å². The number of benzene rings is 2. The molecule has 0 spiro atoms. The lowest BCUT2D eigenvalue weighted by atomic mass is 10.0. The molecule has 6 heteroatoms. The van der Waals surface area contributed by atoms with Gasteiger partial charge in [-0.25, -0.2) is 12.8 Å². The van der Waals surface area contributed by atoms with Gasteiger partial charge in [0.2, 0.25) is 0 Å². The van der Waals surface area contributed by atoms with Crippen molar-refractivity contribution < 1.29 is 17.6 Å². The van der Waals surface area contributed by atoms with Crippen molar-refractivity contribution in [2.24, 2.45) is 0 Å². The molecule has 2 aromatic rings. The maximum Gasteiger partial charge on any atom is 0.256 e. The van der Waals surface area contributed by atoms with E-state index in [1.165, 1.54) is 30.3 Å². The second-order valence-corrected chi connectivity index (χ2v) is 7.06. The van der Waals surface area contributed by atoms with E-state index in [1.54, 1.807) is 18.2 Å². The van der Waals surface area contributed by atoms with Crippen LogP contribution in [0.25, 0.3) is 11.6 Å². The van der Waals surface area contributed by atoms with E-state index in [-0.39, 0.29) is 10.8 Å². The Morgan fingerprint density at radius 2 is 1.91 bits per heavy atom. The third-order valence-corrected chi connectivity index (χ3v) is 4.47. The summed E-state index contributed by atoms with van der Waals surface area (Å²) in [5.41, 5.74) is 1.97. The van der Waals surface area contributed by atoms with Gasteiger partial charge in [-0.1, -0.05) is 12.1 Å². The number of nitrogens with one attached hydrogen (secondary N) is 1. The van der Waals surface area contributed by atoms with E-state index in [4.69, 9.17) is 0 Å². The Morgan fingerprint density at radius 1 is 1.14 bits per heavy atom. The fourth-order valence-electron chi connectivity index (χ4n) is 2.31. The average molecular weight is 317 g/mol. The lowest BCUT2D eigenvalue weighted by Gasteiger charge is -2.02. The molecule has 0 bridgehead atoms. The predicted octanol–water partition coefficient (Wildman–Crippen LogP) is 2.72. The van der Waals surface area contributed by atoms with Crippen LogP contribution in [0, 0.1) is 5.82 Å². The Labute approximate surface area is 127 Å². The molecule has 112 valence electrons. The van der Waals surface area contributed by atoms with Crippen molar-refractivity contribution in [1.29, 1.82) is 0 Å². The number of hydrogen-bond acceptors (Lipinski definition) is 3. The zero-order chi connectivity index (χ0) is 15.9. The van der Waals surface area contributed by atoms with E-state index in [0.717, 1.165) is 6.26 Å². The molecule has 0 fully saturated rings. The molecule has 0 atom stereocenters. The first-order valence-corrected chi connectivity index (χ1v) is 8.37. The van der Waals surface area contributed by atoms with E-state index in [2.05, 4.69) is 5.32 Å². The lowest BCUT2D eigenvalue weighted by molar-refractivity contribution is -0.110. The highest BCUT2D eigenvalue weighted by Gasteiger charge is 2.24. The van der Waals surface area contributed by atoms with E-state index in [0.29, 0.717) is 22.4 Å². The van der Waals surface area contributed by atoms with Crippen LogP contribution in [0.4, 0.5) is 10.1 Å². The fourth-order valence-corrected chi connectivity index (χ4v) is 2.99. The van der Waals surface area contributed by atoms with Crippen molar-refractivity contribution >= 4 is 33.1 Å². The summed E-state index contributed by atoms with van der Waals surface area (Å²) in [5, 5.41) is 2.59. The van der Waals surface area contributed by atoms with Crippen molar-refractivity contribution in [3.63, 3.8) is 0 Å². The summed E-state index contributed by atoms with van der Waals surface area (Å²) < 4.78 is 36.4. The molecule has 1 aliphatic heterocycles. The molecule has 4 nitrogen and oxygen atoms in total. The third-order valence-electron chi connectivity index (χ3n) is 3.36. The number of carbonyl (C=O) groups is 1. The minimum Gasteiger partial charge on any atom is -0.321 e. The van der Waals surface area contributed by atoms with E-state index in [1.807, 2.05) is 0 Å². The van der Waals surface area contributed by atoms with Gasteiger partial charge in [0.05, 0.1) is 10.6 Å². The first kappa shape index (κ1) is 14.5. The number of anilines is 1. The monoisotopic (exact) mass is 317 g/mol. The molecule has 0 saturated heterocycles. The lowest BCUT2D eigenvalue weighted by Crippen LogP contribution is -2.03. The van der Waals surface area contributed by atoms with Gasteiger partial charge in [-0.3, -0.25) is 4.79 Å². The molecular weight excluding hydrogens is 305 g/mol. The second kappa shape index (κ2) is 5.06. The summed E-state index contributed by atoms with van der Waals surface area (Å²) in [6.07, 6.45) is 2.72. The summed E-state index contributed by atoms with van der Waals surface area (Å²) in [4.78, 5) is 12.2. The van der Waals surface area contributed by atoms with Gasteiger partial charge in [0.1, 0.15) is 5.82 Å². The van der Waals surface area contributed by atoms with Crippen LogP contribution in [0.5, 0.6) is 0 Å². The number of carbonyl (C=O) groups excluding carboxylic acids is 1. The molecule has 1 N–H and O–H groups in total. The summed E-state index contributed by atoms with van der Waals surface area (Å²) >= 11 is 0. The molecule has 0 aromatic heterocycles. The van der Waals surface area contributed by atoms with Gasteiger partial charge in [-0.05, 0) is 42.0 Å². The number of hydrogen-bond donors (Lipinski definition) is 1. The highest BCUT2D eigenvalue weighted by atomic mass is 32.2. The van der Waals surface area contributed by atoms with Crippen molar-refractivity contribution in [2.45, 2.75) is 4.90 Å². The van der Waals surface area contributed by atoms with Gasteiger partial charge in [0.15, 0.2) is 9.84 Å². The standard InChI is InChI=1S/C16H12FNO3S/c1-22(20,21)12-4-2-3-10(7-12)8-14-13-6-5-11(17)9-15(13)18-16(14)19/h2-9H,1H3,(H,18,19)/b14-8+. The van der Waals surface area contributed by atoms with E-state index < -0.39 is 15.7 Å². The summed E-state index contributed by atoms with van der Waals surface area (Å²) in [6.45, 7) is 0. The summed E-state index contributed by atoms with van der Waals surface area (Å²) in [6, 6.07) is 10.4. The molecule has 0 saturated carbocycles. The molecule has 1 amide bonds. The van der Waals surface area contributed by atoms with Gasteiger partial charge in [0, 0.05) is 17.4 Å². The molecular formula is C16H12FNO3S. The first-order valence-electron chi connectivity index (χ1n) is 6.48. The van der Waals surface area contributed by atoms with Crippen molar-refractivity contribution in [3.8, 4) is 0 Å². The van der Waals surface area contributed by atoms with Gasteiger partial charge >= 0.3 is 0 Å². The molecule has 22 heavy (non-hydrogen) atoms. The van der Waals surface area contributed by atoms with Crippen LogP contribution in [0.1, 0.15) is 11.1 Å². The molecule has 1 heterocycles. The number of amides is 1. The zero-order valence-corrected chi connectivity index (χ0v) is 12.4. The Balaban J connectivity index is 2.09. The molecule has 0 radical (unpaired) electrons. The highest BCUT2D eigenvalue weighted by molar-refractivity contribution is 7.90. The van der Waals surface area contributed by atoms with E-state index in [9.17, 15) is 17.6 Å². The Morgan fingerprint density at radius 3 is 2.64 bits per heavy atom. The zero-order valence-electron chi connectivity index (χ0n) is 11.6. The quantitative estimate of drug-likeness (QED) is 0.866. The minimum atomic E-state index is -3.32. The Hall–Kier alpha value is -2.47. The maximum atomic E-state index is 13.2. The van der Waals surface area contributed by atoms with Crippen molar-refractivity contribution in [2.75, 3.05) is 11.6 Å². The third kappa shape index (κ3) is 2.65. The van der Waals surface area contributed by atoms with Crippen LogP contribution < -0.4 is 5.32 Å². The smallest absolute Gasteiger partial charge is 0.256 e. The highest BCUT2D eigenvalue weighted by Crippen LogP contribution is 2.33. The van der Waals surface area contributed by atoms with Crippen LogP contribution in [0.2, 0.25) is 0 Å². The fraction of sp³-hybridized carbons (Fsp3) is 0.0625. The number of fused-ring (bicyclic) bond motifs is 1. The number of rotatable bonds is 2. The largest absolute Gasteiger partial charge is 0.321 e.